The Morgan fingerprint density at radius 3 is 1.87 bits per heavy atom. The summed E-state index contributed by atoms with van der Waals surface area (Å²) >= 11 is 0. The minimum Gasteiger partial charge on any atom is -0.464 e. The lowest BCUT2D eigenvalue weighted by molar-refractivity contribution is -0.160. The van der Waals surface area contributed by atoms with Gasteiger partial charge in [0, 0.05) is 7.05 Å². The van der Waals surface area contributed by atoms with Gasteiger partial charge in [0.25, 0.3) is 0 Å². The molecule has 1 aromatic rings. The molecule has 8 heteroatoms. The molecule has 0 aliphatic heterocycles. The predicted molar refractivity (Wildman–Crippen MR) is 83.2 cm³/mol. The Balaban J connectivity index is 3.21. The van der Waals surface area contributed by atoms with Crippen LogP contribution in [0.2, 0.25) is 0 Å². The lowest BCUT2D eigenvalue weighted by Crippen LogP contribution is -2.49. The van der Waals surface area contributed by atoms with Crippen molar-refractivity contribution in [3.63, 3.8) is 0 Å². The summed E-state index contributed by atoms with van der Waals surface area (Å²) in [4.78, 5) is 24.0. The summed E-state index contributed by atoms with van der Waals surface area (Å²) in [5.74, 6) is -1.94. The first-order chi connectivity index (χ1) is 10.8. The number of hydrogen-bond donors (Lipinski definition) is 0. The fourth-order valence-corrected chi connectivity index (χ4v) is 3.11. The molecule has 0 radical (unpaired) electrons. The summed E-state index contributed by atoms with van der Waals surface area (Å²) in [5, 5.41) is 0. The molecule has 0 aliphatic carbocycles. The summed E-state index contributed by atoms with van der Waals surface area (Å²) in [5.41, 5.74) is 0.888. The second-order valence-electron chi connectivity index (χ2n) is 4.74. The van der Waals surface area contributed by atoms with Crippen LogP contribution in [-0.2, 0) is 29.1 Å². The summed E-state index contributed by atoms with van der Waals surface area (Å²) < 4.78 is 35.5. The molecule has 0 unspecified atom stereocenters. The summed E-state index contributed by atoms with van der Waals surface area (Å²) in [7, 11) is -2.90. The quantitative estimate of drug-likeness (QED) is 0.544. The molecular weight excluding hydrogens is 322 g/mol. The number of benzene rings is 1. The number of carbonyl (C=O) groups excluding carboxylic acids is 2. The molecule has 0 bridgehead atoms. The molecule has 0 fully saturated rings. The van der Waals surface area contributed by atoms with Crippen LogP contribution in [0.3, 0.4) is 0 Å². The van der Waals surface area contributed by atoms with Gasteiger partial charge in [-0.3, -0.25) is 0 Å². The van der Waals surface area contributed by atoms with Crippen LogP contribution in [0.1, 0.15) is 19.4 Å². The highest BCUT2D eigenvalue weighted by atomic mass is 32.2. The van der Waals surface area contributed by atoms with Crippen molar-refractivity contribution in [3.8, 4) is 0 Å². The number of ether oxygens (including phenoxy) is 2. The van der Waals surface area contributed by atoms with E-state index in [0.717, 1.165) is 12.6 Å². The van der Waals surface area contributed by atoms with Crippen LogP contribution in [0, 0.1) is 6.92 Å². The molecule has 0 saturated carbocycles. The van der Waals surface area contributed by atoms with Crippen LogP contribution in [0.15, 0.2) is 29.2 Å². The molecule has 23 heavy (non-hydrogen) atoms. The Labute approximate surface area is 136 Å². The molecule has 0 atom stereocenters. The van der Waals surface area contributed by atoms with Crippen LogP contribution < -0.4 is 0 Å². The smallest absolute Gasteiger partial charge is 0.336 e. The van der Waals surface area contributed by atoms with Crippen molar-refractivity contribution in [2.75, 3.05) is 20.3 Å². The van der Waals surface area contributed by atoms with Crippen molar-refractivity contribution in [1.29, 1.82) is 0 Å². The van der Waals surface area contributed by atoms with Crippen molar-refractivity contribution in [1.82, 2.24) is 4.31 Å². The van der Waals surface area contributed by atoms with Crippen LogP contribution in [-0.4, -0.2) is 51.0 Å². The standard InChI is InChI=1S/C15H21NO6S/c1-5-21-14(17)13(15(18)22-6-2)16(4)23(19,20)12-9-7-11(3)8-10-12/h7-10,13H,5-6H2,1-4H3. The molecule has 0 amide bonds. The van der Waals surface area contributed by atoms with E-state index in [1.54, 1.807) is 26.0 Å². The monoisotopic (exact) mass is 343 g/mol. The zero-order chi connectivity index (χ0) is 17.6. The van der Waals surface area contributed by atoms with Gasteiger partial charge in [-0.2, -0.15) is 4.31 Å². The topological polar surface area (TPSA) is 90.0 Å². The van der Waals surface area contributed by atoms with Gasteiger partial charge in [0.05, 0.1) is 18.1 Å². The molecule has 0 heterocycles. The molecular formula is C15H21NO6S. The fourth-order valence-electron chi connectivity index (χ4n) is 1.85. The van der Waals surface area contributed by atoms with Gasteiger partial charge < -0.3 is 9.47 Å². The molecule has 0 aliphatic rings. The number of aryl methyl sites for hydroxylation is 1. The lowest BCUT2D eigenvalue weighted by atomic mass is 10.2. The molecule has 1 rings (SSSR count). The largest absolute Gasteiger partial charge is 0.464 e. The first-order valence-corrected chi connectivity index (χ1v) is 8.57. The van der Waals surface area contributed by atoms with Crippen molar-refractivity contribution >= 4 is 22.0 Å². The number of esters is 2. The van der Waals surface area contributed by atoms with Gasteiger partial charge in [-0.25, -0.2) is 18.0 Å². The maximum Gasteiger partial charge on any atom is 0.336 e. The number of likely N-dealkylation sites (N-methyl/N-ethyl adjacent to an activating group) is 1. The third kappa shape index (κ3) is 4.52. The fraction of sp³-hybridized carbons (Fsp3) is 0.467. The molecule has 128 valence electrons. The lowest BCUT2D eigenvalue weighted by Gasteiger charge is -2.24. The first-order valence-electron chi connectivity index (χ1n) is 7.13. The number of carbonyl (C=O) groups is 2. The van der Waals surface area contributed by atoms with Crippen LogP contribution in [0.5, 0.6) is 0 Å². The Morgan fingerprint density at radius 1 is 1.04 bits per heavy atom. The highest BCUT2D eigenvalue weighted by molar-refractivity contribution is 7.89. The molecule has 7 nitrogen and oxygen atoms in total. The Bertz CT molecular complexity index is 635. The van der Waals surface area contributed by atoms with Crippen LogP contribution in [0.25, 0.3) is 0 Å². The van der Waals surface area contributed by atoms with E-state index in [-0.39, 0.29) is 18.1 Å². The molecule has 0 spiro atoms. The van der Waals surface area contributed by atoms with Gasteiger partial charge in [0.2, 0.25) is 16.1 Å². The van der Waals surface area contributed by atoms with Gasteiger partial charge in [-0.15, -0.1) is 0 Å². The van der Waals surface area contributed by atoms with Crippen molar-refractivity contribution in [2.24, 2.45) is 0 Å². The van der Waals surface area contributed by atoms with Gasteiger partial charge in [-0.1, -0.05) is 17.7 Å². The Morgan fingerprint density at radius 2 is 1.48 bits per heavy atom. The van der Waals surface area contributed by atoms with Crippen LogP contribution in [0.4, 0.5) is 0 Å². The zero-order valence-corrected chi connectivity index (χ0v) is 14.4. The van der Waals surface area contributed by atoms with Crippen LogP contribution >= 0.6 is 0 Å². The van der Waals surface area contributed by atoms with E-state index in [2.05, 4.69) is 0 Å². The van der Waals surface area contributed by atoms with Gasteiger partial charge >= 0.3 is 11.9 Å². The van der Waals surface area contributed by atoms with E-state index in [4.69, 9.17) is 9.47 Å². The second kappa shape index (κ2) is 8.07. The SMILES string of the molecule is CCOC(=O)C(C(=O)OCC)N(C)S(=O)(=O)c1ccc(C)cc1. The highest BCUT2D eigenvalue weighted by Crippen LogP contribution is 2.18. The second-order valence-corrected chi connectivity index (χ2v) is 6.74. The average molecular weight is 343 g/mol. The Kier molecular flexibility index (Phi) is 6.71. The van der Waals surface area contributed by atoms with Crippen molar-refractivity contribution in [3.05, 3.63) is 29.8 Å². The number of rotatable bonds is 7. The molecule has 0 aromatic heterocycles. The van der Waals surface area contributed by atoms with Crippen molar-refractivity contribution < 1.29 is 27.5 Å². The van der Waals surface area contributed by atoms with E-state index >= 15 is 0 Å². The average Bonchev–Trinajstić information content (AvgIpc) is 2.48. The zero-order valence-electron chi connectivity index (χ0n) is 13.6. The molecule has 1 aromatic carbocycles. The molecule has 0 saturated heterocycles. The predicted octanol–water partition coefficient (Wildman–Crippen LogP) is 1.11. The summed E-state index contributed by atoms with van der Waals surface area (Å²) in [6, 6.07) is 4.40. The van der Waals surface area contributed by atoms with E-state index in [0.29, 0.717) is 4.31 Å². The van der Waals surface area contributed by atoms with Gasteiger partial charge in [0.1, 0.15) is 0 Å². The summed E-state index contributed by atoms with van der Waals surface area (Å²) in [6.07, 6.45) is 0. The molecule has 0 N–H and O–H groups in total. The third-order valence-corrected chi connectivity index (χ3v) is 4.92. The van der Waals surface area contributed by atoms with E-state index in [1.807, 2.05) is 6.92 Å². The minimum atomic E-state index is -4.05. The third-order valence-electron chi connectivity index (χ3n) is 3.08. The maximum absolute atomic E-state index is 12.6. The Hall–Kier alpha value is -1.93. The highest BCUT2D eigenvalue weighted by Gasteiger charge is 2.40. The van der Waals surface area contributed by atoms with Crippen molar-refractivity contribution in [2.45, 2.75) is 31.7 Å². The van der Waals surface area contributed by atoms with Gasteiger partial charge in [0.15, 0.2) is 0 Å². The number of nitrogens with zero attached hydrogens (tertiary/aromatic N) is 1. The van der Waals surface area contributed by atoms with E-state index in [1.165, 1.54) is 12.1 Å². The maximum atomic E-state index is 12.6. The minimum absolute atomic E-state index is 0.0210. The van der Waals surface area contributed by atoms with E-state index < -0.39 is 28.0 Å². The summed E-state index contributed by atoms with van der Waals surface area (Å²) in [6.45, 7) is 4.99. The normalized spacial score (nSPS) is 11.6. The van der Waals surface area contributed by atoms with Gasteiger partial charge in [-0.05, 0) is 32.9 Å². The number of sulfonamides is 1. The number of hydrogen-bond acceptors (Lipinski definition) is 6. The first kappa shape index (κ1) is 19.1. The van der Waals surface area contributed by atoms with E-state index in [9.17, 15) is 18.0 Å².